The molecule has 0 spiro atoms. The molecule has 0 unspecified atom stereocenters. The van der Waals surface area contributed by atoms with Crippen molar-refractivity contribution >= 4 is 35.0 Å². The number of carbonyl (C=O) groups is 2. The number of rotatable bonds is 9. The Labute approximate surface area is 243 Å². The number of benzene rings is 4. The summed E-state index contributed by atoms with van der Waals surface area (Å²) in [5.74, 6) is 0.448. The van der Waals surface area contributed by atoms with E-state index in [0.717, 1.165) is 33.0 Å². The fraction of sp³-hybridized carbons (Fsp3) is 0.212. The molecule has 4 aromatic rings. The van der Waals surface area contributed by atoms with Crippen LogP contribution >= 0.6 is 11.8 Å². The number of ether oxygens (including phenoxy) is 2. The van der Waals surface area contributed by atoms with E-state index in [1.807, 2.05) is 91.0 Å². The van der Waals surface area contributed by atoms with Crippen LogP contribution in [0.4, 0.5) is 11.4 Å². The Morgan fingerprint density at radius 1 is 0.805 bits per heavy atom. The monoisotopic (exact) mass is 568 g/mol. The quantitative estimate of drug-likeness (QED) is 0.194. The van der Waals surface area contributed by atoms with E-state index in [0.29, 0.717) is 17.7 Å². The molecule has 0 aromatic heterocycles. The Kier molecular flexibility index (Phi) is 9.48. The Bertz CT molecular complexity index is 1440. The second kappa shape index (κ2) is 13.6. The maximum absolute atomic E-state index is 12.5. The molecular formula is C33H32N2O5S. The highest BCUT2D eigenvalue weighted by Gasteiger charge is 2.32. The van der Waals surface area contributed by atoms with Crippen molar-refractivity contribution in [3.63, 3.8) is 0 Å². The fourth-order valence-corrected chi connectivity index (χ4v) is 5.49. The van der Waals surface area contributed by atoms with Gasteiger partial charge in [0.1, 0.15) is 0 Å². The molecule has 1 aliphatic heterocycles. The summed E-state index contributed by atoms with van der Waals surface area (Å²) < 4.78 is 12.9. The van der Waals surface area contributed by atoms with E-state index in [1.54, 1.807) is 23.9 Å². The zero-order valence-corrected chi connectivity index (χ0v) is 23.5. The van der Waals surface area contributed by atoms with Crippen molar-refractivity contribution in [2.75, 3.05) is 16.4 Å². The molecule has 1 aliphatic rings. The van der Waals surface area contributed by atoms with Crippen molar-refractivity contribution in [1.82, 2.24) is 0 Å². The molecule has 8 heteroatoms. The van der Waals surface area contributed by atoms with Gasteiger partial charge in [0, 0.05) is 46.5 Å². The average molecular weight is 569 g/mol. The van der Waals surface area contributed by atoms with Gasteiger partial charge in [-0.1, -0.05) is 54.6 Å². The second-order valence-corrected chi connectivity index (χ2v) is 10.9. The Morgan fingerprint density at radius 2 is 1.44 bits per heavy atom. The predicted octanol–water partition coefficient (Wildman–Crippen LogP) is 6.73. The minimum Gasteiger partial charge on any atom is -0.392 e. The highest BCUT2D eigenvalue weighted by atomic mass is 32.2. The van der Waals surface area contributed by atoms with Crippen molar-refractivity contribution in [2.24, 2.45) is 0 Å². The molecule has 0 aliphatic carbocycles. The van der Waals surface area contributed by atoms with Crippen molar-refractivity contribution in [2.45, 2.75) is 43.3 Å². The predicted molar refractivity (Wildman–Crippen MR) is 161 cm³/mol. The maximum atomic E-state index is 12.5. The third-order valence-corrected chi connectivity index (χ3v) is 7.85. The zero-order chi connectivity index (χ0) is 28.6. The van der Waals surface area contributed by atoms with E-state index in [-0.39, 0.29) is 30.6 Å². The average Bonchev–Trinajstić information content (AvgIpc) is 3.01. The van der Waals surface area contributed by atoms with Gasteiger partial charge in [0.2, 0.25) is 5.91 Å². The number of thioether (sulfide) groups is 1. The standard InChI is InChI=1S/C33H32N2O5S/c1-22(37)34-27-15-17-30(18-16-27)41-21-29-19-31(24-9-7-23(20-36)8-10-24)40-33(39-29)26-11-13-28(14-12-26)35-32(38)25-5-3-2-4-6-25/h2-18,29,31,33,36H,19-21H2,1H3,(H,34,37)(H,35,38)/t29-,31+,33+/m1/s1. The van der Waals surface area contributed by atoms with Crippen molar-refractivity contribution < 1.29 is 24.2 Å². The number of hydrogen-bond acceptors (Lipinski definition) is 6. The van der Waals surface area contributed by atoms with Gasteiger partial charge in [-0.3, -0.25) is 9.59 Å². The molecule has 1 heterocycles. The normalized spacial score (nSPS) is 18.4. The summed E-state index contributed by atoms with van der Waals surface area (Å²) in [6.45, 7) is 1.48. The Balaban J connectivity index is 1.29. The zero-order valence-electron chi connectivity index (χ0n) is 22.7. The molecule has 3 N–H and O–H groups in total. The Hall–Kier alpha value is -3.95. The fourth-order valence-electron chi connectivity index (χ4n) is 4.57. The van der Waals surface area contributed by atoms with Gasteiger partial charge in [0.05, 0.1) is 18.8 Å². The van der Waals surface area contributed by atoms with Gasteiger partial charge in [-0.15, -0.1) is 11.8 Å². The van der Waals surface area contributed by atoms with Crippen LogP contribution in [-0.4, -0.2) is 28.8 Å². The van der Waals surface area contributed by atoms with Crippen LogP contribution in [0.1, 0.15) is 52.8 Å². The summed E-state index contributed by atoms with van der Waals surface area (Å²) in [7, 11) is 0. The van der Waals surface area contributed by atoms with Crippen LogP contribution in [0.25, 0.3) is 0 Å². The van der Waals surface area contributed by atoms with E-state index >= 15 is 0 Å². The lowest BCUT2D eigenvalue weighted by atomic mass is 10.0. The first-order valence-corrected chi connectivity index (χ1v) is 14.4. The lowest BCUT2D eigenvalue weighted by Crippen LogP contribution is -2.31. The van der Waals surface area contributed by atoms with Crippen LogP contribution in [0.3, 0.4) is 0 Å². The number of aliphatic hydroxyl groups excluding tert-OH is 1. The summed E-state index contributed by atoms with van der Waals surface area (Å²) >= 11 is 1.69. The molecule has 7 nitrogen and oxygen atoms in total. The van der Waals surface area contributed by atoms with Gasteiger partial charge in [0.25, 0.3) is 5.91 Å². The largest absolute Gasteiger partial charge is 0.392 e. The summed E-state index contributed by atoms with van der Waals surface area (Å²) in [5.41, 5.74) is 4.77. The SMILES string of the molecule is CC(=O)Nc1ccc(SC[C@H]2C[C@@H](c3ccc(CO)cc3)O[C@@H](c3ccc(NC(=O)c4ccccc4)cc3)O2)cc1. The van der Waals surface area contributed by atoms with Crippen LogP contribution in [0.5, 0.6) is 0 Å². The van der Waals surface area contributed by atoms with Gasteiger partial charge in [0.15, 0.2) is 6.29 Å². The lowest BCUT2D eigenvalue weighted by molar-refractivity contribution is -0.245. The number of amides is 2. The molecule has 4 aromatic carbocycles. The van der Waals surface area contributed by atoms with Crippen molar-refractivity contribution in [3.8, 4) is 0 Å². The smallest absolute Gasteiger partial charge is 0.255 e. The first kappa shape index (κ1) is 28.6. The number of aliphatic hydroxyl groups is 1. The molecule has 5 rings (SSSR count). The molecule has 210 valence electrons. The van der Waals surface area contributed by atoms with E-state index in [1.165, 1.54) is 6.92 Å². The topological polar surface area (TPSA) is 96.9 Å². The minimum atomic E-state index is -0.585. The molecule has 0 radical (unpaired) electrons. The van der Waals surface area contributed by atoms with E-state index in [9.17, 15) is 14.7 Å². The number of hydrogen-bond donors (Lipinski definition) is 3. The van der Waals surface area contributed by atoms with Gasteiger partial charge in [-0.2, -0.15) is 0 Å². The number of anilines is 2. The van der Waals surface area contributed by atoms with Crippen LogP contribution in [0, 0.1) is 0 Å². The number of nitrogens with one attached hydrogen (secondary N) is 2. The van der Waals surface area contributed by atoms with E-state index in [2.05, 4.69) is 10.6 Å². The van der Waals surface area contributed by atoms with E-state index < -0.39 is 6.29 Å². The van der Waals surface area contributed by atoms with Crippen molar-refractivity contribution in [3.05, 3.63) is 125 Å². The third-order valence-electron chi connectivity index (χ3n) is 6.70. The van der Waals surface area contributed by atoms with Gasteiger partial charge in [-0.05, 0) is 59.7 Å². The lowest BCUT2D eigenvalue weighted by Gasteiger charge is -2.36. The summed E-state index contributed by atoms with van der Waals surface area (Å²) in [6.07, 6.45) is -0.185. The summed E-state index contributed by atoms with van der Waals surface area (Å²) in [5, 5.41) is 15.2. The highest BCUT2D eigenvalue weighted by molar-refractivity contribution is 7.99. The van der Waals surface area contributed by atoms with Crippen LogP contribution in [-0.2, 0) is 20.9 Å². The second-order valence-electron chi connectivity index (χ2n) is 9.81. The molecule has 2 amide bonds. The first-order chi connectivity index (χ1) is 20.0. The van der Waals surface area contributed by atoms with Gasteiger partial charge in [-0.25, -0.2) is 0 Å². The molecule has 1 fully saturated rings. The molecule has 3 atom stereocenters. The van der Waals surface area contributed by atoms with Crippen LogP contribution in [0.15, 0.2) is 108 Å². The van der Waals surface area contributed by atoms with Crippen molar-refractivity contribution in [1.29, 1.82) is 0 Å². The minimum absolute atomic E-state index is 0.00924. The van der Waals surface area contributed by atoms with Crippen LogP contribution < -0.4 is 10.6 Å². The summed E-state index contributed by atoms with van der Waals surface area (Å²) in [4.78, 5) is 24.9. The molecular weight excluding hydrogens is 536 g/mol. The Morgan fingerprint density at radius 3 is 2.10 bits per heavy atom. The molecule has 0 bridgehead atoms. The summed E-state index contributed by atoms with van der Waals surface area (Å²) in [6, 6.07) is 32.2. The van der Waals surface area contributed by atoms with E-state index in [4.69, 9.17) is 9.47 Å². The maximum Gasteiger partial charge on any atom is 0.255 e. The third kappa shape index (κ3) is 7.83. The molecule has 1 saturated heterocycles. The van der Waals surface area contributed by atoms with Crippen LogP contribution in [0.2, 0.25) is 0 Å². The van der Waals surface area contributed by atoms with Gasteiger partial charge >= 0.3 is 0 Å². The van der Waals surface area contributed by atoms with Gasteiger partial charge < -0.3 is 25.2 Å². The number of carbonyl (C=O) groups excluding carboxylic acids is 2. The molecule has 0 saturated carbocycles. The molecule has 41 heavy (non-hydrogen) atoms. The highest BCUT2D eigenvalue weighted by Crippen LogP contribution is 2.39. The first-order valence-electron chi connectivity index (χ1n) is 13.4.